The van der Waals surface area contributed by atoms with Crippen LogP contribution in [0.25, 0.3) is 0 Å². The van der Waals surface area contributed by atoms with Crippen LogP contribution >= 0.6 is 34.2 Å². The van der Waals surface area contributed by atoms with E-state index in [2.05, 4.69) is 42.2 Å². The van der Waals surface area contributed by atoms with Gasteiger partial charge in [0.05, 0.1) is 14.2 Å². The molecule has 0 heterocycles. The second kappa shape index (κ2) is 4.84. The Balaban J connectivity index is 3.24. The van der Waals surface area contributed by atoms with Crippen LogP contribution in [0.4, 0.5) is 0 Å². The fourth-order valence-electron chi connectivity index (χ4n) is 1.05. The zero-order chi connectivity index (χ0) is 11.6. The molecule has 0 fully saturated rings. The van der Waals surface area contributed by atoms with Gasteiger partial charge in [-0.25, -0.2) is 0 Å². The molecule has 0 saturated heterocycles. The van der Waals surface area contributed by atoms with Crippen LogP contribution in [-0.2, 0) is 0 Å². The average Bonchev–Trinajstić information content (AvgIpc) is 2.11. The summed E-state index contributed by atoms with van der Waals surface area (Å²) >= 11 is 8.08. The van der Waals surface area contributed by atoms with E-state index in [1.165, 1.54) is 0 Å². The summed E-state index contributed by atoms with van der Waals surface area (Å²) in [6.07, 6.45) is 0.800. The molecule has 82 valence electrons. The molecule has 0 radical (unpaired) electrons. The lowest BCUT2D eigenvalue weighted by molar-refractivity contribution is 0.112. The first-order chi connectivity index (χ1) is 6.85. The third kappa shape index (κ3) is 3.46. The van der Waals surface area contributed by atoms with Crippen LogP contribution in [0.2, 0.25) is 24.7 Å². The van der Waals surface area contributed by atoms with E-state index in [-0.39, 0.29) is 0 Å². The molecule has 0 aromatic heterocycles. The van der Waals surface area contributed by atoms with Gasteiger partial charge in [-0.3, -0.25) is 4.79 Å². The van der Waals surface area contributed by atoms with Crippen molar-refractivity contribution in [2.75, 3.05) is 0 Å². The van der Waals surface area contributed by atoms with E-state index in [0.717, 1.165) is 9.86 Å². The van der Waals surface area contributed by atoms with Crippen molar-refractivity contribution in [2.24, 2.45) is 0 Å². The maximum Gasteiger partial charge on any atom is 0.242 e. The van der Waals surface area contributed by atoms with Crippen molar-refractivity contribution >= 4 is 48.8 Å². The number of carbonyl (C=O) groups excluding carboxylic acids is 1. The van der Waals surface area contributed by atoms with Crippen molar-refractivity contribution in [1.29, 1.82) is 0 Å². The minimum absolute atomic E-state index is 0.561. The Labute approximate surface area is 109 Å². The molecule has 1 aromatic carbocycles. The highest BCUT2D eigenvalue weighted by Crippen LogP contribution is 2.32. The molecule has 0 unspecified atom stereocenters. The molecule has 5 heteroatoms. The van der Waals surface area contributed by atoms with Crippen LogP contribution in [0.5, 0.6) is 5.75 Å². The number of hydrogen-bond acceptors (Lipinski definition) is 2. The molecule has 0 atom stereocenters. The van der Waals surface area contributed by atoms with Crippen molar-refractivity contribution in [3.05, 3.63) is 26.3 Å². The monoisotopic (exact) mass is 354 g/mol. The maximum atomic E-state index is 10.9. The van der Waals surface area contributed by atoms with E-state index < -0.39 is 8.32 Å². The fourth-order valence-corrected chi connectivity index (χ4v) is 2.84. The summed E-state index contributed by atoms with van der Waals surface area (Å²) in [6.45, 7) is 6.20. The van der Waals surface area contributed by atoms with Crippen LogP contribution in [0, 0.1) is 3.57 Å². The molecule has 0 aliphatic carbocycles. The standard InChI is InChI=1S/C10H12ClIO2Si/c1-15(2,3)14-10-7(6-13)4-5-8(11)9(10)12/h4-6H,1-3H3. The lowest BCUT2D eigenvalue weighted by Gasteiger charge is -2.21. The van der Waals surface area contributed by atoms with Gasteiger partial charge in [0.25, 0.3) is 0 Å². The molecule has 15 heavy (non-hydrogen) atoms. The number of rotatable bonds is 3. The van der Waals surface area contributed by atoms with Crippen molar-refractivity contribution < 1.29 is 9.22 Å². The summed E-state index contributed by atoms with van der Waals surface area (Å²) in [5.74, 6) is 0.622. The Bertz CT molecular complexity index is 388. The number of benzene rings is 1. The third-order valence-corrected chi connectivity index (χ3v) is 4.14. The van der Waals surface area contributed by atoms with Crippen molar-refractivity contribution in [2.45, 2.75) is 19.6 Å². The van der Waals surface area contributed by atoms with E-state index in [1.807, 2.05) is 0 Å². The first-order valence-electron chi connectivity index (χ1n) is 4.47. The molecule has 2 nitrogen and oxygen atoms in total. The predicted octanol–water partition coefficient (Wildman–Crippen LogP) is 3.97. The Morgan fingerprint density at radius 3 is 2.47 bits per heavy atom. The van der Waals surface area contributed by atoms with Crippen LogP contribution in [-0.4, -0.2) is 14.6 Å². The number of hydrogen-bond donors (Lipinski definition) is 0. The molecule has 0 N–H and O–H groups in total. The van der Waals surface area contributed by atoms with E-state index in [0.29, 0.717) is 16.3 Å². The lowest BCUT2D eigenvalue weighted by Crippen LogP contribution is -2.30. The van der Waals surface area contributed by atoms with Gasteiger partial charge in [-0.2, -0.15) is 0 Å². The summed E-state index contributed by atoms with van der Waals surface area (Å²) in [5.41, 5.74) is 0.561. The molecule has 0 aliphatic rings. The van der Waals surface area contributed by atoms with Crippen molar-refractivity contribution in [1.82, 2.24) is 0 Å². The molecule has 0 amide bonds. The fraction of sp³-hybridized carbons (Fsp3) is 0.300. The lowest BCUT2D eigenvalue weighted by atomic mass is 10.2. The summed E-state index contributed by atoms with van der Waals surface area (Å²) in [5, 5.41) is 0.620. The van der Waals surface area contributed by atoms with Crippen molar-refractivity contribution in [3.8, 4) is 5.75 Å². The molecule has 1 aromatic rings. The number of carbonyl (C=O) groups is 1. The van der Waals surface area contributed by atoms with Crippen LogP contribution in [0.3, 0.4) is 0 Å². The summed E-state index contributed by atoms with van der Waals surface area (Å²) in [4.78, 5) is 10.9. The number of aldehydes is 1. The Kier molecular flexibility index (Phi) is 4.19. The number of halogens is 2. The highest BCUT2D eigenvalue weighted by atomic mass is 127. The largest absolute Gasteiger partial charge is 0.543 e. The van der Waals surface area contributed by atoms with E-state index >= 15 is 0 Å². The van der Waals surface area contributed by atoms with Gasteiger partial charge in [0.1, 0.15) is 5.75 Å². The first-order valence-corrected chi connectivity index (χ1v) is 9.34. The zero-order valence-corrected chi connectivity index (χ0v) is 12.7. The molecule has 0 aliphatic heterocycles. The molecule has 0 saturated carbocycles. The highest BCUT2D eigenvalue weighted by Gasteiger charge is 2.21. The first kappa shape index (κ1) is 13.0. The SMILES string of the molecule is C[Si](C)(C)Oc1c(C=O)ccc(Cl)c1I. The smallest absolute Gasteiger partial charge is 0.242 e. The van der Waals surface area contributed by atoms with E-state index in [1.54, 1.807) is 12.1 Å². The van der Waals surface area contributed by atoms with Gasteiger partial charge in [0.15, 0.2) is 6.29 Å². The molecular weight excluding hydrogens is 343 g/mol. The molecular formula is C10H12ClIO2Si. The Hall–Kier alpha value is -0.0731. The van der Waals surface area contributed by atoms with Crippen LogP contribution < -0.4 is 4.43 Å². The Morgan fingerprint density at radius 2 is 2.00 bits per heavy atom. The average molecular weight is 355 g/mol. The van der Waals surface area contributed by atoms with Crippen LogP contribution in [0.1, 0.15) is 10.4 Å². The minimum Gasteiger partial charge on any atom is -0.543 e. The van der Waals surface area contributed by atoms with Gasteiger partial charge < -0.3 is 4.43 Å². The summed E-state index contributed by atoms with van der Waals surface area (Å²) in [7, 11) is -1.72. The Morgan fingerprint density at radius 1 is 1.40 bits per heavy atom. The summed E-state index contributed by atoms with van der Waals surface area (Å²) in [6, 6.07) is 3.40. The maximum absolute atomic E-state index is 10.9. The molecule has 0 spiro atoms. The van der Waals surface area contributed by atoms with Crippen molar-refractivity contribution in [3.63, 3.8) is 0 Å². The van der Waals surface area contributed by atoms with Gasteiger partial charge in [0.2, 0.25) is 8.32 Å². The van der Waals surface area contributed by atoms with Gasteiger partial charge in [-0.1, -0.05) is 11.6 Å². The van der Waals surface area contributed by atoms with Gasteiger partial charge in [-0.05, 0) is 54.4 Å². The molecule has 0 bridgehead atoms. The van der Waals surface area contributed by atoms with Crippen LogP contribution in [0.15, 0.2) is 12.1 Å². The third-order valence-electron chi connectivity index (χ3n) is 1.62. The normalized spacial score (nSPS) is 11.3. The summed E-state index contributed by atoms with van der Waals surface area (Å²) < 4.78 is 6.66. The van der Waals surface area contributed by atoms with Gasteiger partial charge >= 0.3 is 0 Å². The zero-order valence-electron chi connectivity index (χ0n) is 8.80. The van der Waals surface area contributed by atoms with Gasteiger partial charge in [-0.15, -0.1) is 0 Å². The topological polar surface area (TPSA) is 26.3 Å². The quantitative estimate of drug-likeness (QED) is 0.466. The minimum atomic E-state index is -1.72. The van der Waals surface area contributed by atoms with E-state index in [4.69, 9.17) is 16.0 Å². The molecule has 1 rings (SSSR count). The highest BCUT2D eigenvalue weighted by molar-refractivity contribution is 14.1. The second-order valence-corrected chi connectivity index (χ2v) is 10.0. The van der Waals surface area contributed by atoms with Gasteiger partial charge in [0, 0.05) is 0 Å². The predicted molar refractivity (Wildman–Crippen MR) is 73.5 cm³/mol. The second-order valence-electron chi connectivity index (χ2n) is 4.11. The van der Waals surface area contributed by atoms with E-state index in [9.17, 15) is 4.79 Å².